The topological polar surface area (TPSA) is 49.9 Å². The lowest BCUT2D eigenvalue weighted by atomic mass is 10.0. The van der Waals surface area contributed by atoms with Crippen molar-refractivity contribution in [3.05, 3.63) is 29.3 Å². The molecule has 0 spiro atoms. The van der Waals surface area contributed by atoms with E-state index in [0.717, 1.165) is 16.0 Å². The second-order valence-electron chi connectivity index (χ2n) is 7.60. The van der Waals surface area contributed by atoms with Crippen LogP contribution in [0.2, 0.25) is 0 Å². The molecule has 2 fully saturated rings. The average molecular weight is 398 g/mol. The van der Waals surface area contributed by atoms with Crippen molar-refractivity contribution in [3.63, 3.8) is 0 Å². The van der Waals surface area contributed by atoms with Crippen molar-refractivity contribution in [2.45, 2.75) is 45.3 Å². The number of hydrogen-bond donors (Lipinski definition) is 0. The van der Waals surface area contributed by atoms with Crippen LogP contribution in [0.25, 0.3) is 0 Å². The molecule has 2 saturated heterocycles. The number of carbonyl (C=O) groups is 2. The molecule has 28 heavy (non-hydrogen) atoms. The highest BCUT2D eigenvalue weighted by atomic mass is 19.4. The van der Waals surface area contributed by atoms with Crippen LogP contribution < -0.4 is 4.90 Å². The van der Waals surface area contributed by atoms with E-state index in [2.05, 4.69) is 0 Å². The van der Waals surface area contributed by atoms with E-state index >= 15 is 0 Å². The second kappa shape index (κ2) is 8.11. The molecular weight excluding hydrogens is 373 g/mol. The van der Waals surface area contributed by atoms with E-state index in [9.17, 15) is 22.8 Å². The molecule has 154 valence electrons. The maximum Gasteiger partial charge on any atom is 0.406 e. The fraction of sp³-hybridized carbons (Fsp3) is 0.600. The molecule has 0 aliphatic carbocycles. The zero-order valence-electron chi connectivity index (χ0n) is 16.1. The predicted octanol–water partition coefficient (Wildman–Crippen LogP) is 3.23. The molecule has 1 aromatic carbocycles. The first-order chi connectivity index (χ1) is 13.2. The van der Waals surface area contributed by atoms with Gasteiger partial charge in [0.05, 0.1) is 5.92 Å². The molecule has 8 heteroatoms. The third kappa shape index (κ3) is 4.66. The number of amides is 2. The number of benzene rings is 1. The summed E-state index contributed by atoms with van der Waals surface area (Å²) in [4.78, 5) is 27.9. The normalized spacial score (nSPS) is 21.2. The van der Waals surface area contributed by atoms with Crippen LogP contribution in [-0.4, -0.2) is 55.2 Å². The van der Waals surface area contributed by atoms with Crippen molar-refractivity contribution < 1.29 is 27.5 Å². The molecule has 3 rings (SSSR count). The Morgan fingerprint density at radius 1 is 1.21 bits per heavy atom. The van der Waals surface area contributed by atoms with Crippen LogP contribution in [0.4, 0.5) is 18.9 Å². The summed E-state index contributed by atoms with van der Waals surface area (Å²) in [6.45, 7) is 3.39. The zero-order valence-corrected chi connectivity index (χ0v) is 16.1. The smallest absolute Gasteiger partial charge is 0.381 e. The van der Waals surface area contributed by atoms with Crippen molar-refractivity contribution >= 4 is 17.5 Å². The molecule has 0 unspecified atom stereocenters. The van der Waals surface area contributed by atoms with Gasteiger partial charge in [0, 0.05) is 37.9 Å². The van der Waals surface area contributed by atoms with Gasteiger partial charge in [-0.15, -0.1) is 0 Å². The zero-order chi connectivity index (χ0) is 20.5. The molecule has 0 radical (unpaired) electrons. The summed E-state index contributed by atoms with van der Waals surface area (Å²) >= 11 is 0. The first-order valence-electron chi connectivity index (χ1n) is 9.48. The van der Waals surface area contributed by atoms with Gasteiger partial charge in [-0.3, -0.25) is 9.59 Å². The molecule has 1 aromatic rings. The molecule has 2 aliphatic heterocycles. The Kier molecular flexibility index (Phi) is 5.98. The summed E-state index contributed by atoms with van der Waals surface area (Å²) < 4.78 is 44.5. The SMILES string of the molecule is Cc1ccc(N2C[C@@H](C(=O)N(CC(F)(F)F)C3CCOCC3)CC2=O)cc1C. The fourth-order valence-corrected chi connectivity index (χ4v) is 3.83. The van der Waals surface area contributed by atoms with Gasteiger partial charge in [-0.05, 0) is 49.9 Å². The van der Waals surface area contributed by atoms with E-state index in [1.165, 1.54) is 4.90 Å². The van der Waals surface area contributed by atoms with Gasteiger partial charge in [-0.1, -0.05) is 6.07 Å². The average Bonchev–Trinajstić information content (AvgIpc) is 3.03. The Morgan fingerprint density at radius 3 is 2.50 bits per heavy atom. The largest absolute Gasteiger partial charge is 0.406 e. The van der Waals surface area contributed by atoms with E-state index in [-0.39, 0.29) is 18.9 Å². The number of anilines is 1. The summed E-state index contributed by atoms with van der Waals surface area (Å²) in [6, 6.07) is 5.06. The number of halogens is 3. The van der Waals surface area contributed by atoms with E-state index in [1.54, 1.807) is 6.07 Å². The summed E-state index contributed by atoms with van der Waals surface area (Å²) in [6.07, 6.45) is -3.79. The van der Waals surface area contributed by atoms with Crippen molar-refractivity contribution in [1.29, 1.82) is 0 Å². The number of nitrogens with zero attached hydrogens (tertiary/aromatic N) is 2. The molecule has 1 atom stereocenters. The minimum Gasteiger partial charge on any atom is -0.381 e. The minimum atomic E-state index is -4.48. The monoisotopic (exact) mass is 398 g/mol. The highest BCUT2D eigenvalue weighted by molar-refractivity contribution is 6.00. The fourth-order valence-electron chi connectivity index (χ4n) is 3.83. The van der Waals surface area contributed by atoms with Crippen LogP contribution in [0.3, 0.4) is 0 Å². The number of ether oxygens (including phenoxy) is 1. The first kappa shape index (κ1) is 20.6. The third-order valence-corrected chi connectivity index (χ3v) is 5.54. The molecule has 2 amide bonds. The van der Waals surface area contributed by atoms with Gasteiger partial charge in [0.2, 0.25) is 11.8 Å². The van der Waals surface area contributed by atoms with Crippen LogP contribution in [0, 0.1) is 19.8 Å². The lowest BCUT2D eigenvalue weighted by Crippen LogP contribution is -2.50. The van der Waals surface area contributed by atoms with E-state index in [1.807, 2.05) is 26.0 Å². The van der Waals surface area contributed by atoms with E-state index < -0.39 is 30.6 Å². The maximum absolute atomic E-state index is 13.1. The van der Waals surface area contributed by atoms with Gasteiger partial charge in [0.25, 0.3) is 0 Å². The van der Waals surface area contributed by atoms with Crippen LogP contribution in [0.1, 0.15) is 30.4 Å². The summed E-state index contributed by atoms with van der Waals surface area (Å²) in [5, 5.41) is 0. The van der Waals surface area contributed by atoms with Gasteiger partial charge < -0.3 is 14.5 Å². The summed E-state index contributed by atoms with van der Waals surface area (Å²) in [5.41, 5.74) is 2.77. The molecule has 0 saturated carbocycles. The van der Waals surface area contributed by atoms with Crippen LogP contribution in [0.5, 0.6) is 0 Å². The Hall–Kier alpha value is -2.09. The summed E-state index contributed by atoms with van der Waals surface area (Å²) in [5.74, 6) is -1.59. The van der Waals surface area contributed by atoms with Crippen molar-refractivity contribution in [2.75, 3.05) is 31.2 Å². The third-order valence-electron chi connectivity index (χ3n) is 5.54. The van der Waals surface area contributed by atoms with Crippen molar-refractivity contribution in [1.82, 2.24) is 4.90 Å². The summed E-state index contributed by atoms with van der Waals surface area (Å²) in [7, 11) is 0. The molecule has 0 N–H and O–H groups in total. The number of rotatable bonds is 4. The van der Waals surface area contributed by atoms with Gasteiger partial charge in [0.15, 0.2) is 0 Å². The van der Waals surface area contributed by atoms with Crippen molar-refractivity contribution in [3.8, 4) is 0 Å². The number of alkyl halides is 3. The predicted molar refractivity (Wildman–Crippen MR) is 98.0 cm³/mol. The number of hydrogen-bond acceptors (Lipinski definition) is 3. The highest BCUT2D eigenvalue weighted by Crippen LogP contribution is 2.30. The molecule has 0 aromatic heterocycles. The Balaban J connectivity index is 1.77. The lowest BCUT2D eigenvalue weighted by Gasteiger charge is -2.36. The minimum absolute atomic E-state index is 0.0661. The van der Waals surface area contributed by atoms with E-state index in [0.29, 0.717) is 31.7 Å². The van der Waals surface area contributed by atoms with Gasteiger partial charge in [-0.2, -0.15) is 13.2 Å². The Bertz CT molecular complexity index is 745. The first-order valence-corrected chi connectivity index (χ1v) is 9.48. The van der Waals surface area contributed by atoms with Gasteiger partial charge >= 0.3 is 6.18 Å². The molecule has 5 nitrogen and oxygen atoms in total. The second-order valence-corrected chi connectivity index (χ2v) is 7.60. The molecular formula is C20H25F3N2O3. The highest BCUT2D eigenvalue weighted by Gasteiger charge is 2.43. The Morgan fingerprint density at radius 2 is 1.89 bits per heavy atom. The standard InChI is InChI=1S/C20H25F3N2O3/c1-13-3-4-17(9-14(13)2)24-11-15(10-18(24)26)19(27)25(12-20(21,22)23)16-5-7-28-8-6-16/h3-4,9,15-16H,5-8,10-12H2,1-2H3/t15-/m0/s1. The van der Waals surface area contributed by atoms with Gasteiger partial charge in [-0.25, -0.2) is 0 Å². The van der Waals surface area contributed by atoms with Gasteiger partial charge in [0.1, 0.15) is 6.54 Å². The van der Waals surface area contributed by atoms with Crippen LogP contribution in [0.15, 0.2) is 18.2 Å². The number of aryl methyl sites for hydroxylation is 2. The maximum atomic E-state index is 13.1. The quantitative estimate of drug-likeness (QED) is 0.783. The molecule has 2 heterocycles. The van der Waals surface area contributed by atoms with Crippen LogP contribution in [-0.2, 0) is 14.3 Å². The lowest BCUT2D eigenvalue weighted by molar-refractivity contribution is -0.171. The Labute approximate surface area is 162 Å². The van der Waals surface area contributed by atoms with Crippen LogP contribution >= 0.6 is 0 Å². The molecule has 2 aliphatic rings. The van der Waals surface area contributed by atoms with E-state index in [4.69, 9.17) is 4.74 Å². The van der Waals surface area contributed by atoms with Crippen molar-refractivity contribution in [2.24, 2.45) is 5.92 Å². The number of carbonyl (C=O) groups excluding carboxylic acids is 2. The molecule has 0 bridgehead atoms.